The molecule has 0 unspecified atom stereocenters. The van der Waals surface area contributed by atoms with Crippen molar-refractivity contribution in [3.63, 3.8) is 0 Å². The summed E-state index contributed by atoms with van der Waals surface area (Å²) in [5, 5.41) is 4.28. The number of aryl methyl sites for hydroxylation is 1. The van der Waals surface area contributed by atoms with Crippen molar-refractivity contribution >= 4 is 0 Å². The molecule has 0 saturated heterocycles. The average Bonchev–Trinajstić information content (AvgIpc) is 2.65. The van der Waals surface area contributed by atoms with Crippen LogP contribution in [0.3, 0.4) is 0 Å². The minimum atomic E-state index is 0.0194. The van der Waals surface area contributed by atoms with Gasteiger partial charge in [-0.3, -0.25) is 0 Å². The number of pyridine rings is 1. The topological polar surface area (TPSA) is 56.7 Å². The highest BCUT2D eigenvalue weighted by Gasteiger charge is 2.02. The van der Waals surface area contributed by atoms with E-state index in [-0.39, 0.29) is 6.04 Å². The Labute approximate surface area is 88.8 Å². The molecule has 0 amide bonds. The monoisotopic (exact) mass is 202 g/mol. The second kappa shape index (κ2) is 3.82. The summed E-state index contributed by atoms with van der Waals surface area (Å²) in [6.07, 6.45) is 3.68. The third-order valence-electron chi connectivity index (χ3n) is 2.25. The van der Waals surface area contributed by atoms with Crippen LogP contribution < -0.4 is 5.73 Å². The Balaban J connectivity index is 2.31. The first-order valence-corrected chi connectivity index (χ1v) is 4.91. The number of hydrogen-bond donors (Lipinski definition) is 1. The van der Waals surface area contributed by atoms with Gasteiger partial charge in [0, 0.05) is 18.4 Å². The van der Waals surface area contributed by atoms with Crippen LogP contribution in [0.4, 0.5) is 0 Å². The van der Waals surface area contributed by atoms with Gasteiger partial charge in [-0.25, -0.2) is 9.67 Å². The van der Waals surface area contributed by atoms with Crippen LogP contribution in [0.25, 0.3) is 5.82 Å². The van der Waals surface area contributed by atoms with E-state index in [0.717, 1.165) is 17.1 Å². The van der Waals surface area contributed by atoms with Gasteiger partial charge >= 0.3 is 0 Å². The maximum Gasteiger partial charge on any atom is 0.153 e. The second-order valence-corrected chi connectivity index (χ2v) is 3.64. The number of nitrogens with zero attached hydrogens (tertiary/aromatic N) is 3. The van der Waals surface area contributed by atoms with E-state index in [9.17, 15) is 0 Å². The summed E-state index contributed by atoms with van der Waals surface area (Å²) in [5.74, 6) is 0.813. The zero-order valence-electron chi connectivity index (χ0n) is 8.88. The van der Waals surface area contributed by atoms with E-state index in [1.165, 1.54) is 0 Å². The first kappa shape index (κ1) is 9.86. The fourth-order valence-electron chi connectivity index (χ4n) is 1.35. The summed E-state index contributed by atoms with van der Waals surface area (Å²) < 4.78 is 1.75. The molecule has 0 bridgehead atoms. The lowest BCUT2D eigenvalue weighted by Crippen LogP contribution is -2.06. The number of nitrogens with two attached hydrogens (primary N) is 1. The zero-order valence-corrected chi connectivity index (χ0v) is 8.88. The fourth-order valence-corrected chi connectivity index (χ4v) is 1.35. The van der Waals surface area contributed by atoms with Crippen molar-refractivity contribution in [2.75, 3.05) is 0 Å². The maximum atomic E-state index is 5.74. The van der Waals surface area contributed by atoms with Crippen LogP contribution in [-0.2, 0) is 0 Å². The molecule has 0 radical (unpaired) electrons. The minimum Gasteiger partial charge on any atom is -0.324 e. The van der Waals surface area contributed by atoms with E-state index in [2.05, 4.69) is 10.1 Å². The molecule has 0 aliphatic carbocycles. The number of aromatic nitrogens is 3. The standard InChI is InChI=1S/C11H14N4/c1-8-5-6-15(14-8)11-4-3-10(7-13-11)9(2)12/h3-7,9H,12H2,1-2H3/t9-/m0/s1. The lowest BCUT2D eigenvalue weighted by atomic mass is 10.2. The van der Waals surface area contributed by atoms with Crippen molar-refractivity contribution in [3.05, 3.63) is 41.9 Å². The Bertz CT molecular complexity index is 442. The Morgan fingerprint density at radius 1 is 1.33 bits per heavy atom. The Kier molecular flexibility index (Phi) is 2.51. The highest BCUT2D eigenvalue weighted by atomic mass is 15.3. The third-order valence-corrected chi connectivity index (χ3v) is 2.25. The highest BCUT2D eigenvalue weighted by Crippen LogP contribution is 2.10. The normalized spacial score (nSPS) is 12.7. The van der Waals surface area contributed by atoms with E-state index >= 15 is 0 Å². The van der Waals surface area contributed by atoms with Crippen molar-refractivity contribution in [2.24, 2.45) is 5.73 Å². The maximum absolute atomic E-state index is 5.74. The number of hydrogen-bond acceptors (Lipinski definition) is 3. The molecule has 0 aliphatic rings. The Hall–Kier alpha value is -1.68. The third kappa shape index (κ3) is 2.05. The molecule has 2 N–H and O–H groups in total. The van der Waals surface area contributed by atoms with Crippen molar-refractivity contribution in [3.8, 4) is 5.82 Å². The SMILES string of the molecule is Cc1ccn(-c2ccc([C@H](C)N)cn2)n1. The van der Waals surface area contributed by atoms with Crippen molar-refractivity contribution in [2.45, 2.75) is 19.9 Å². The van der Waals surface area contributed by atoms with Crippen molar-refractivity contribution in [1.29, 1.82) is 0 Å². The van der Waals surface area contributed by atoms with Gasteiger partial charge in [0.2, 0.25) is 0 Å². The molecule has 1 atom stereocenters. The van der Waals surface area contributed by atoms with Gasteiger partial charge in [-0.2, -0.15) is 5.10 Å². The minimum absolute atomic E-state index is 0.0194. The first-order valence-electron chi connectivity index (χ1n) is 4.91. The molecule has 0 spiro atoms. The van der Waals surface area contributed by atoms with Gasteiger partial charge in [-0.05, 0) is 31.5 Å². The largest absolute Gasteiger partial charge is 0.324 e. The molecule has 0 aliphatic heterocycles. The molecular weight excluding hydrogens is 188 g/mol. The molecule has 2 aromatic heterocycles. The van der Waals surface area contributed by atoms with Gasteiger partial charge in [-0.1, -0.05) is 6.07 Å². The van der Waals surface area contributed by atoms with Gasteiger partial charge < -0.3 is 5.73 Å². The molecule has 2 aromatic rings. The van der Waals surface area contributed by atoms with Crippen LogP contribution >= 0.6 is 0 Å². The van der Waals surface area contributed by atoms with E-state index < -0.39 is 0 Å². The van der Waals surface area contributed by atoms with Crippen LogP contribution in [0.1, 0.15) is 24.2 Å². The summed E-state index contributed by atoms with van der Waals surface area (Å²) >= 11 is 0. The summed E-state index contributed by atoms with van der Waals surface area (Å²) in [5.41, 5.74) is 7.75. The molecule has 2 heterocycles. The number of rotatable bonds is 2. The van der Waals surface area contributed by atoms with E-state index in [0.29, 0.717) is 0 Å². The second-order valence-electron chi connectivity index (χ2n) is 3.64. The van der Waals surface area contributed by atoms with Crippen molar-refractivity contribution in [1.82, 2.24) is 14.8 Å². The smallest absolute Gasteiger partial charge is 0.153 e. The van der Waals surface area contributed by atoms with Crippen LogP contribution in [0.2, 0.25) is 0 Å². The molecule has 4 heteroatoms. The molecule has 78 valence electrons. The summed E-state index contributed by atoms with van der Waals surface area (Å²) in [6, 6.07) is 5.86. The average molecular weight is 202 g/mol. The van der Waals surface area contributed by atoms with Gasteiger partial charge in [0.1, 0.15) is 0 Å². The highest BCUT2D eigenvalue weighted by molar-refractivity contribution is 5.26. The zero-order chi connectivity index (χ0) is 10.8. The summed E-state index contributed by atoms with van der Waals surface area (Å²) in [6.45, 7) is 3.89. The summed E-state index contributed by atoms with van der Waals surface area (Å²) in [4.78, 5) is 4.30. The molecule has 0 saturated carbocycles. The van der Waals surface area contributed by atoms with Crippen LogP contribution in [-0.4, -0.2) is 14.8 Å². The lowest BCUT2D eigenvalue weighted by Gasteiger charge is -2.05. The molecule has 2 rings (SSSR count). The summed E-state index contributed by atoms with van der Waals surface area (Å²) in [7, 11) is 0. The molecule has 15 heavy (non-hydrogen) atoms. The molecule has 0 aromatic carbocycles. The van der Waals surface area contributed by atoms with Crippen LogP contribution in [0.5, 0.6) is 0 Å². The Morgan fingerprint density at radius 3 is 2.60 bits per heavy atom. The molecule has 0 fully saturated rings. The Morgan fingerprint density at radius 2 is 2.13 bits per heavy atom. The predicted octanol–water partition coefficient (Wildman–Crippen LogP) is 1.60. The van der Waals surface area contributed by atoms with E-state index in [4.69, 9.17) is 5.73 Å². The predicted molar refractivity (Wildman–Crippen MR) is 58.7 cm³/mol. The van der Waals surface area contributed by atoms with Gasteiger partial charge in [0.05, 0.1) is 5.69 Å². The van der Waals surface area contributed by atoms with Crippen LogP contribution in [0, 0.1) is 6.92 Å². The lowest BCUT2D eigenvalue weighted by molar-refractivity contribution is 0.794. The quantitative estimate of drug-likeness (QED) is 0.804. The fraction of sp³-hybridized carbons (Fsp3) is 0.273. The van der Waals surface area contributed by atoms with Crippen LogP contribution in [0.15, 0.2) is 30.6 Å². The van der Waals surface area contributed by atoms with E-state index in [1.54, 1.807) is 10.9 Å². The first-order chi connectivity index (χ1) is 7.16. The van der Waals surface area contributed by atoms with E-state index in [1.807, 2.05) is 38.2 Å². The van der Waals surface area contributed by atoms with Gasteiger partial charge in [0.25, 0.3) is 0 Å². The molecular formula is C11H14N4. The van der Waals surface area contributed by atoms with Gasteiger partial charge in [0.15, 0.2) is 5.82 Å². The van der Waals surface area contributed by atoms with Crippen molar-refractivity contribution < 1.29 is 0 Å². The van der Waals surface area contributed by atoms with Gasteiger partial charge in [-0.15, -0.1) is 0 Å². The molecule has 4 nitrogen and oxygen atoms in total.